The first-order valence-corrected chi connectivity index (χ1v) is 9.53. The van der Waals surface area contributed by atoms with Gasteiger partial charge in [0.1, 0.15) is 11.6 Å². The minimum Gasteiger partial charge on any atom is -0.494 e. The van der Waals surface area contributed by atoms with E-state index in [2.05, 4.69) is 22.5 Å². The van der Waals surface area contributed by atoms with Crippen molar-refractivity contribution in [2.75, 3.05) is 17.2 Å². The SMILES string of the molecule is CCCCOc1cccc(C(=O)Nc2ccccc2C(=O)Nc2ccccn2)c1. The second-order valence-electron chi connectivity index (χ2n) is 6.40. The lowest BCUT2D eigenvalue weighted by Gasteiger charge is -2.12. The molecular weight excluding hydrogens is 366 g/mol. The van der Waals surface area contributed by atoms with Crippen molar-refractivity contribution in [3.8, 4) is 5.75 Å². The zero-order valence-electron chi connectivity index (χ0n) is 16.2. The van der Waals surface area contributed by atoms with Crippen molar-refractivity contribution in [1.29, 1.82) is 0 Å². The maximum absolute atomic E-state index is 12.7. The minimum atomic E-state index is -0.351. The standard InChI is InChI=1S/C23H23N3O3/c1-2-3-15-29-18-10-8-9-17(16-18)22(27)25-20-12-5-4-11-19(20)23(28)26-21-13-6-7-14-24-21/h4-14,16H,2-3,15H2,1H3,(H,25,27)(H,24,26,28). The smallest absolute Gasteiger partial charge is 0.258 e. The van der Waals surface area contributed by atoms with Crippen molar-refractivity contribution in [3.63, 3.8) is 0 Å². The number of para-hydroxylation sites is 1. The molecule has 2 N–H and O–H groups in total. The van der Waals surface area contributed by atoms with Crippen LogP contribution in [0.2, 0.25) is 0 Å². The molecule has 0 radical (unpaired) electrons. The number of rotatable bonds is 8. The van der Waals surface area contributed by atoms with E-state index in [1.807, 2.05) is 6.07 Å². The summed E-state index contributed by atoms with van der Waals surface area (Å²) in [4.78, 5) is 29.4. The predicted molar refractivity (Wildman–Crippen MR) is 113 cm³/mol. The van der Waals surface area contributed by atoms with Gasteiger partial charge in [-0.3, -0.25) is 9.59 Å². The van der Waals surface area contributed by atoms with E-state index in [-0.39, 0.29) is 11.8 Å². The highest BCUT2D eigenvalue weighted by Crippen LogP contribution is 2.19. The highest BCUT2D eigenvalue weighted by Gasteiger charge is 2.15. The third kappa shape index (κ3) is 5.65. The summed E-state index contributed by atoms with van der Waals surface area (Å²) in [5.74, 6) is 0.420. The van der Waals surface area contributed by atoms with Gasteiger partial charge in [0.05, 0.1) is 17.9 Å². The van der Waals surface area contributed by atoms with Crippen LogP contribution in [0.15, 0.2) is 72.9 Å². The number of anilines is 2. The summed E-state index contributed by atoms with van der Waals surface area (Å²) < 4.78 is 5.66. The molecule has 2 aromatic carbocycles. The van der Waals surface area contributed by atoms with Crippen molar-refractivity contribution in [1.82, 2.24) is 4.98 Å². The fourth-order valence-corrected chi connectivity index (χ4v) is 2.67. The van der Waals surface area contributed by atoms with Crippen LogP contribution in [0.5, 0.6) is 5.75 Å². The molecule has 2 amide bonds. The van der Waals surface area contributed by atoms with Crippen LogP contribution in [0.25, 0.3) is 0 Å². The highest BCUT2D eigenvalue weighted by atomic mass is 16.5. The molecule has 0 atom stereocenters. The van der Waals surface area contributed by atoms with Crippen molar-refractivity contribution >= 4 is 23.3 Å². The number of carbonyl (C=O) groups excluding carboxylic acids is 2. The Kier molecular flexibility index (Phi) is 6.95. The molecule has 0 saturated carbocycles. The number of nitrogens with one attached hydrogen (secondary N) is 2. The number of aromatic nitrogens is 1. The van der Waals surface area contributed by atoms with E-state index in [0.717, 1.165) is 12.8 Å². The zero-order valence-corrected chi connectivity index (χ0v) is 16.2. The van der Waals surface area contributed by atoms with E-state index in [4.69, 9.17) is 4.74 Å². The lowest BCUT2D eigenvalue weighted by atomic mass is 10.1. The molecule has 0 spiro atoms. The fourth-order valence-electron chi connectivity index (χ4n) is 2.67. The molecule has 29 heavy (non-hydrogen) atoms. The normalized spacial score (nSPS) is 10.2. The Labute approximate surface area is 169 Å². The number of unbranched alkanes of at least 4 members (excludes halogenated alkanes) is 1. The molecular formula is C23H23N3O3. The van der Waals surface area contributed by atoms with Crippen LogP contribution in [0.1, 0.15) is 40.5 Å². The summed E-state index contributed by atoms with van der Waals surface area (Å²) in [5, 5.41) is 5.54. The van der Waals surface area contributed by atoms with Crippen molar-refractivity contribution < 1.29 is 14.3 Å². The fraction of sp³-hybridized carbons (Fsp3) is 0.174. The van der Waals surface area contributed by atoms with Crippen LogP contribution in [0, 0.1) is 0 Å². The molecule has 0 aliphatic heterocycles. The quantitative estimate of drug-likeness (QED) is 0.544. The molecule has 0 aliphatic carbocycles. The summed E-state index contributed by atoms with van der Waals surface area (Å²) >= 11 is 0. The number of hydrogen-bond acceptors (Lipinski definition) is 4. The van der Waals surface area contributed by atoms with Gasteiger partial charge in [-0.25, -0.2) is 4.98 Å². The van der Waals surface area contributed by atoms with Gasteiger partial charge in [0, 0.05) is 11.8 Å². The van der Waals surface area contributed by atoms with E-state index in [1.54, 1.807) is 66.9 Å². The Morgan fingerprint density at radius 3 is 2.55 bits per heavy atom. The largest absolute Gasteiger partial charge is 0.494 e. The van der Waals surface area contributed by atoms with E-state index < -0.39 is 0 Å². The van der Waals surface area contributed by atoms with Gasteiger partial charge in [-0.15, -0.1) is 0 Å². The lowest BCUT2D eigenvalue weighted by Crippen LogP contribution is -2.18. The first-order valence-electron chi connectivity index (χ1n) is 9.53. The van der Waals surface area contributed by atoms with Gasteiger partial charge in [-0.2, -0.15) is 0 Å². The van der Waals surface area contributed by atoms with Crippen LogP contribution in [-0.4, -0.2) is 23.4 Å². The van der Waals surface area contributed by atoms with Crippen LogP contribution >= 0.6 is 0 Å². The number of hydrogen-bond donors (Lipinski definition) is 2. The Hall–Kier alpha value is -3.67. The van der Waals surface area contributed by atoms with Crippen molar-refractivity contribution in [2.24, 2.45) is 0 Å². The van der Waals surface area contributed by atoms with E-state index in [1.165, 1.54) is 0 Å². The molecule has 3 rings (SSSR count). The van der Waals surface area contributed by atoms with Gasteiger partial charge in [-0.05, 0) is 48.9 Å². The predicted octanol–water partition coefficient (Wildman–Crippen LogP) is 4.77. The van der Waals surface area contributed by atoms with Gasteiger partial charge in [0.15, 0.2) is 0 Å². The molecule has 1 heterocycles. The van der Waals surface area contributed by atoms with Crippen LogP contribution in [0.3, 0.4) is 0 Å². The van der Waals surface area contributed by atoms with Gasteiger partial charge >= 0.3 is 0 Å². The summed E-state index contributed by atoms with van der Waals surface area (Å²) in [5.41, 5.74) is 1.23. The minimum absolute atomic E-state index is 0.316. The molecule has 3 aromatic rings. The summed E-state index contributed by atoms with van der Waals surface area (Å²) in [7, 11) is 0. The second-order valence-corrected chi connectivity index (χ2v) is 6.40. The maximum Gasteiger partial charge on any atom is 0.258 e. The first-order chi connectivity index (χ1) is 14.2. The molecule has 6 nitrogen and oxygen atoms in total. The topological polar surface area (TPSA) is 80.3 Å². The average Bonchev–Trinajstić information content (AvgIpc) is 2.75. The molecule has 0 fully saturated rings. The monoisotopic (exact) mass is 389 g/mol. The first kappa shape index (κ1) is 20.1. The van der Waals surface area contributed by atoms with Crippen LogP contribution in [-0.2, 0) is 0 Å². The molecule has 0 aliphatic rings. The number of carbonyl (C=O) groups is 2. The Morgan fingerprint density at radius 2 is 1.76 bits per heavy atom. The summed E-state index contributed by atoms with van der Waals surface area (Å²) in [6, 6.07) is 19.1. The van der Waals surface area contributed by atoms with E-state index in [0.29, 0.717) is 35.0 Å². The van der Waals surface area contributed by atoms with Gasteiger partial charge in [0.25, 0.3) is 11.8 Å². The van der Waals surface area contributed by atoms with E-state index >= 15 is 0 Å². The van der Waals surface area contributed by atoms with Gasteiger partial charge in [-0.1, -0.05) is 37.6 Å². The zero-order chi connectivity index (χ0) is 20.5. The Balaban J connectivity index is 1.73. The Bertz CT molecular complexity index is 974. The Morgan fingerprint density at radius 1 is 0.931 bits per heavy atom. The summed E-state index contributed by atoms with van der Waals surface area (Å²) in [6.45, 7) is 2.70. The second kappa shape index (κ2) is 10.0. The van der Waals surface area contributed by atoms with Crippen LogP contribution < -0.4 is 15.4 Å². The molecule has 148 valence electrons. The highest BCUT2D eigenvalue weighted by molar-refractivity contribution is 6.12. The lowest BCUT2D eigenvalue weighted by molar-refractivity contribution is 0.102. The van der Waals surface area contributed by atoms with Gasteiger partial charge in [0.2, 0.25) is 0 Å². The molecule has 0 saturated heterocycles. The number of pyridine rings is 1. The van der Waals surface area contributed by atoms with Crippen molar-refractivity contribution in [3.05, 3.63) is 84.1 Å². The number of nitrogens with zero attached hydrogens (tertiary/aromatic N) is 1. The number of ether oxygens (including phenoxy) is 1. The molecule has 6 heteroatoms. The number of amides is 2. The average molecular weight is 389 g/mol. The summed E-state index contributed by atoms with van der Waals surface area (Å²) in [6.07, 6.45) is 3.59. The molecule has 1 aromatic heterocycles. The molecule has 0 unspecified atom stereocenters. The van der Waals surface area contributed by atoms with Gasteiger partial charge < -0.3 is 15.4 Å². The van der Waals surface area contributed by atoms with E-state index in [9.17, 15) is 9.59 Å². The molecule has 0 bridgehead atoms. The third-order valence-corrected chi connectivity index (χ3v) is 4.19. The number of benzene rings is 2. The van der Waals surface area contributed by atoms with Crippen LogP contribution in [0.4, 0.5) is 11.5 Å². The maximum atomic E-state index is 12.7. The van der Waals surface area contributed by atoms with Crippen molar-refractivity contribution in [2.45, 2.75) is 19.8 Å². The third-order valence-electron chi connectivity index (χ3n) is 4.19.